The van der Waals surface area contributed by atoms with Crippen LogP contribution in [0.15, 0.2) is 164 Å². The summed E-state index contributed by atoms with van der Waals surface area (Å²) in [7, 11) is 6.83. The standard InChI is InChI=1S/C97H123ClN14O18S/c1-11-12-30-81-96(128)108(6)53-71(115)48-68(55-130-58-113)85(117)50-73(60(4)5)93(125)111(9)82(46-61-22-15-13-16-23-61)92(124)106-78(44-63-31-33-65(51-99)34-32-63)94(126)109(7)54-87(119)102-77(49-67-52-101-74-29-20-19-28-72(67)74)91(123)105-76(43-64-35-37-70(114)38-36-64)90(122)104-75(41-59(2)3)89(121)107-80(84(116)39-40-86(100)118)56-131-57-88(120)103-79(45-66-26-21-27-69(98)42-66)95(127)112(10)83(97(129)110(81)8)47-62-24-17-14-18-25-62/h13-29,31-38,42,52,58-60,68,73,75-83,101,114H,11-12,30,39-41,43-51,53-57,99H2,1-10H3,(H2,100,118)(H,102,119)(H,103,120)(H,104,122)(H,105,123)(H,106,124)(H,107,121)/t68-,73-,75-,76-,77-,78-,79-,80-,81-,82-,83-/m0/s1. The third kappa shape index (κ3) is 31.6. The van der Waals surface area contributed by atoms with E-state index in [1.54, 1.807) is 167 Å². The summed E-state index contributed by atoms with van der Waals surface area (Å²) in [6.07, 6.45) is -0.535. The number of ketones is 3. The number of phenolic OH excluding ortho intramolecular Hbond substituents is 1. The Morgan fingerprint density at radius 2 is 1.06 bits per heavy atom. The Bertz CT molecular complexity index is 5120. The zero-order valence-corrected chi connectivity index (χ0v) is 77.5. The number of rotatable bonds is 26. The van der Waals surface area contributed by atoms with Gasteiger partial charge in [-0.1, -0.05) is 186 Å². The SMILES string of the molecule is CCCC[C@H]1C(=O)N(C)CC(=O)C[C@@H](COC=O)C(=O)C[C@@H](C(C)C)C(=O)N(C)[C@@H](Cc2ccccc2)C(=O)N[C@@H](Cc2ccc(CN)cc2)C(=O)N(C)CC(=O)N[C@@H](Cc2c[nH]c3ccccc23)C(=O)N[C@@H](Cc2ccc(O)cc2)C(=O)N[C@@H](CC(C)C)C(=O)N[C@H](C(=O)CCC(N)=O)CSCC(=O)N[C@@H](Cc2cccc(Cl)c2)C(=O)N(C)[C@@H](Cc2ccccc2)C(=O)N1C. The number of aromatic hydroxyl groups is 1. The fourth-order valence-corrected chi connectivity index (χ4v) is 16.9. The van der Waals surface area contributed by atoms with Crippen molar-refractivity contribution in [3.05, 3.63) is 208 Å². The number of thioether (sulfide) groups is 1. The van der Waals surface area contributed by atoms with Gasteiger partial charge in [0.15, 0.2) is 11.6 Å². The van der Waals surface area contributed by atoms with Crippen molar-refractivity contribution in [3.8, 4) is 5.75 Å². The van der Waals surface area contributed by atoms with Gasteiger partial charge in [0.2, 0.25) is 70.9 Å². The number of benzene rings is 6. The molecule has 12 N–H and O–H groups in total. The molecule has 8 rings (SSSR count). The highest BCUT2D eigenvalue weighted by molar-refractivity contribution is 8.00. The van der Waals surface area contributed by atoms with Crippen molar-refractivity contribution in [2.24, 2.45) is 35.1 Å². The number of hydrogen-bond donors (Lipinski definition) is 10. The van der Waals surface area contributed by atoms with E-state index in [4.69, 9.17) is 27.8 Å². The van der Waals surface area contributed by atoms with E-state index in [-0.39, 0.29) is 81.8 Å². The highest BCUT2D eigenvalue weighted by atomic mass is 35.5. The van der Waals surface area contributed by atoms with Gasteiger partial charge in [-0.3, -0.25) is 76.7 Å². The number of H-pyrrole nitrogens is 1. The number of nitrogens with one attached hydrogen (secondary N) is 7. The minimum atomic E-state index is -1.57. The molecular weight excluding hydrogens is 1720 g/mol. The van der Waals surface area contributed by atoms with Crippen LogP contribution in [0.25, 0.3) is 10.9 Å². The molecular formula is C97H123ClN14O18S. The normalized spacial score (nSPS) is 21.9. The third-order valence-electron chi connectivity index (χ3n) is 23.3. The molecule has 32 nitrogen and oxygen atoms in total. The van der Waals surface area contributed by atoms with E-state index < -0.39 is 211 Å². The van der Waals surface area contributed by atoms with Gasteiger partial charge in [0.05, 0.1) is 30.8 Å². The van der Waals surface area contributed by atoms with Crippen LogP contribution in [-0.2, 0) is 127 Å². The number of para-hydroxylation sites is 1. The summed E-state index contributed by atoms with van der Waals surface area (Å²) in [6.45, 7) is 7.09. The first-order valence-electron chi connectivity index (χ1n) is 44.0. The first-order chi connectivity index (χ1) is 62.4. The fourth-order valence-electron chi connectivity index (χ4n) is 15.8. The second-order valence-corrected chi connectivity index (χ2v) is 35.7. The molecule has 131 heavy (non-hydrogen) atoms. The number of likely N-dealkylation sites (N-methyl/N-ethyl adjacent to an activating group) is 5. The topological polar surface area (TPSA) is 459 Å². The molecule has 34 heteroatoms. The van der Waals surface area contributed by atoms with Gasteiger partial charge in [0.25, 0.3) is 6.47 Å². The van der Waals surface area contributed by atoms with E-state index >= 15 is 43.2 Å². The molecule has 702 valence electrons. The Kier molecular flexibility index (Phi) is 40.5. The minimum absolute atomic E-state index is 0.0664. The molecule has 0 bridgehead atoms. The molecule has 0 spiro atoms. The zero-order chi connectivity index (χ0) is 95.7. The smallest absolute Gasteiger partial charge is 0.293 e. The van der Waals surface area contributed by atoms with Gasteiger partial charge < -0.3 is 82.7 Å². The van der Waals surface area contributed by atoms with Gasteiger partial charge in [-0.15, -0.1) is 11.8 Å². The largest absolute Gasteiger partial charge is 0.508 e. The Morgan fingerprint density at radius 1 is 0.534 bits per heavy atom. The predicted molar refractivity (Wildman–Crippen MR) is 497 cm³/mol. The van der Waals surface area contributed by atoms with Crippen molar-refractivity contribution >= 4 is 129 Å². The summed E-state index contributed by atoms with van der Waals surface area (Å²) in [4.78, 5) is 245. The van der Waals surface area contributed by atoms with Crippen molar-refractivity contribution in [2.45, 2.75) is 185 Å². The van der Waals surface area contributed by atoms with E-state index in [9.17, 15) is 38.7 Å². The second kappa shape index (κ2) is 51.1. The summed E-state index contributed by atoms with van der Waals surface area (Å²) >= 11 is 7.38. The molecule has 1 aliphatic heterocycles. The lowest BCUT2D eigenvalue weighted by atomic mass is 9.84. The molecule has 0 unspecified atom stereocenters. The molecule has 11 atom stereocenters. The lowest BCUT2D eigenvalue weighted by Gasteiger charge is -2.37. The number of primary amides is 1. The molecule has 1 saturated heterocycles. The third-order valence-corrected chi connectivity index (χ3v) is 24.6. The summed E-state index contributed by atoms with van der Waals surface area (Å²) in [5.74, 6) is -16.2. The van der Waals surface area contributed by atoms with Gasteiger partial charge in [0.1, 0.15) is 66.5 Å². The van der Waals surface area contributed by atoms with E-state index in [2.05, 4.69) is 36.9 Å². The van der Waals surface area contributed by atoms with Crippen LogP contribution in [0.4, 0.5) is 0 Å². The first kappa shape index (κ1) is 104. The number of carbonyl (C=O) groups is 16. The number of amides is 12. The lowest BCUT2D eigenvalue weighted by molar-refractivity contribution is -0.151. The van der Waals surface area contributed by atoms with Crippen LogP contribution in [0.3, 0.4) is 0 Å². The maximum Gasteiger partial charge on any atom is 0.293 e. The number of halogens is 1. The number of aromatic amines is 1. The molecule has 1 aliphatic rings. The number of nitrogens with two attached hydrogens (primary N) is 2. The van der Waals surface area contributed by atoms with Crippen LogP contribution in [0.5, 0.6) is 5.75 Å². The molecule has 2 heterocycles. The average molecular weight is 1840 g/mol. The number of aromatic nitrogens is 1. The minimum Gasteiger partial charge on any atom is -0.508 e. The van der Waals surface area contributed by atoms with Gasteiger partial charge >= 0.3 is 0 Å². The maximum absolute atomic E-state index is 15.6. The molecule has 1 fully saturated rings. The van der Waals surface area contributed by atoms with E-state index in [0.717, 1.165) is 27.1 Å². The number of Topliss-reactive ketones (excluding diaryl/α,β-unsaturated/α-hetero) is 3. The summed E-state index contributed by atoms with van der Waals surface area (Å²) in [5.41, 5.74) is 16.1. The molecule has 7 aromatic rings. The average Bonchev–Trinajstić information content (AvgIpc) is 1.67. The predicted octanol–water partition coefficient (Wildman–Crippen LogP) is 5.85. The number of ether oxygens (including phenoxy) is 1. The van der Waals surface area contributed by atoms with Gasteiger partial charge in [-0.2, -0.15) is 0 Å². The Morgan fingerprint density at radius 3 is 1.67 bits per heavy atom. The zero-order valence-electron chi connectivity index (χ0n) is 75.9. The molecule has 1 aromatic heterocycles. The number of carbonyl (C=O) groups excluding carboxylic acids is 16. The Balaban J connectivity index is 1.22. The van der Waals surface area contributed by atoms with Crippen molar-refractivity contribution in [1.82, 2.24) is 61.4 Å². The first-order valence-corrected chi connectivity index (χ1v) is 45.5. The van der Waals surface area contributed by atoms with E-state index in [0.29, 0.717) is 62.1 Å². The molecule has 0 aliphatic carbocycles. The fraction of sp³-hybridized carbons (Fsp3) is 0.443. The molecule has 0 radical (unpaired) electrons. The van der Waals surface area contributed by atoms with Crippen LogP contribution in [0.1, 0.15) is 125 Å². The van der Waals surface area contributed by atoms with Gasteiger partial charge in [-0.05, 0) is 94.0 Å². The van der Waals surface area contributed by atoms with Crippen molar-refractivity contribution in [2.75, 3.05) is 66.4 Å². The van der Waals surface area contributed by atoms with Crippen molar-refractivity contribution < 1.29 is 86.6 Å². The molecule has 0 saturated carbocycles. The highest BCUT2D eigenvalue weighted by Gasteiger charge is 2.42. The van der Waals surface area contributed by atoms with Crippen molar-refractivity contribution in [3.63, 3.8) is 0 Å². The number of phenols is 1. The molecule has 6 aromatic carbocycles. The van der Waals surface area contributed by atoms with Crippen LogP contribution < -0.4 is 43.4 Å². The Hall–Kier alpha value is -12.6. The number of nitrogens with zero attached hydrogens (tertiary/aromatic N) is 5. The quantitative estimate of drug-likeness (QED) is 0.0284. The van der Waals surface area contributed by atoms with Gasteiger partial charge in [0, 0.05) is 140 Å². The number of hydrogen-bond acceptors (Lipinski definition) is 20. The number of unbranched alkanes of at least 4 members (excludes halogenated alkanes) is 1. The summed E-state index contributed by atoms with van der Waals surface area (Å²) < 4.78 is 5.17. The van der Waals surface area contributed by atoms with E-state index in [1.165, 1.54) is 74.2 Å². The van der Waals surface area contributed by atoms with Crippen LogP contribution in [0.2, 0.25) is 5.02 Å². The van der Waals surface area contributed by atoms with E-state index in [1.807, 2.05) is 6.92 Å². The van der Waals surface area contributed by atoms with Crippen LogP contribution in [-0.4, -0.2) is 250 Å². The second-order valence-electron chi connectivity index (χ2n) is 34.3. The highest BCUT2D eigenvalue weighted by Crippen LogP contribution is 2.28. The van der Waals surface area contributed by atoms with Crippen LogP contribution in [0, 0.1) is 23.7 Å². The summed E-state index contributed by atoms with van der Waals surface area (Å²) in [6, 6.07) is 30.8. The number of fused-ring (bicyclic) bond motifs is 1. The monoisotopic (exact) mass is 1840 g/mol. The van der Waals surface area contributed by atoms with Crippen LogP contribution >= 0.6 is 23.4 Å². The molecule has 12 amide bonds. The maximum atomic E-state index is 15.6. The van der Waals surface area contributed by atoms with Gasteiger partial charge in [-0.25, -0.2) is 0 Å². The Labute approximate surface area is 773 Å². The summed E-state index contributed by atoms with van der Waals surface area (Å²) in [5, 5.41) is 28.2. The lowest BCUT2D eigenvalue weighted by Crippen LogP contribution is -2.59. The van der Waals surface area contributed by atoms with Crippen molar-refractivity contribution in [1.29, 1.82) is 0 Å².